The minimum Gasteiger partial charge on any atom is -0.507 e. The zero-order valence-corrected chi connectivity index (χ0v) is 12.8. The van der Waals surface area contributed by atoms with E-state index in [-0.39, 0.29) is 11.4 Å². The van der Waals surface area contributed by atoms with Gasteiger partial charge in [-0.15, -0.1) is 6.58 Å². The van der Waals surface area contributed by atoms with Crippen molar-refractivity contribution in [2.45, 2.75) is 0 Å². The van der Waals surface area contributed by atoms with Crippen LogP contribution < -0.4 is 10.7 Å². The van der Waals surface area contributed by atoms with Crippen LogP contribution in [0.3, 0.4) is 0 Å². The number of thiocarbonyl (C=S) groups is 1. The maximum absolute atomic E-state index is 10.8. The number of hydrazone groups is 1. The molecule has 23 heavy (non-hydrogen) atoms. The Morgan fingerprint density at radius 2 is 2.22 bits per heavy atom. The summed E-state index contributed by atoms with van der Waals surface area (Å²) in [7, 11) is 0. The topological polar surface area (TPSA) is 99.8 Å². The molecule has 0 unspecified atom stereocenters. The lowest BCUT2D eigenvalue weighted by Crippen LogP contribution is -2.31. The van der Waals surface area contributed by atoms with Gasteiger partial charge in [-0.25, -0.2) is 0 Å². The van der Waals surface area contributed by atoms with Crippen molar-refractivity contribution in [3.63, 3.8) is 0 Å². The number of rotatable bonds is 5. The minimum atomic E-state index is -0.467. The number of non-ortho nitro benzene ring substituents is 1. The summed E-state index contributed by atoms with van der Waals surface area (Å²) in [6.07, 6.45) is 3.06. The molecule has 8 heteroatoms. The first-order valence-corrected chi connectivity index (χ1v) is 7.01. The minimum absolute atomic E-state index is 0.0148. The Morgan fingerprint density at radius 1 is 1.43 bits per heavy atom. The van der Waals surface area contributed by atoms with Crippen LogP contribution in [-0.2, 0) is 0 Å². The molecule has 0 heterocycles. The van der Waals surface area contributed by atoms with Crippen molar-refractivity contribution in [3.8, 4) is 5.75 Å². The summed E-state index contributed by atoms with van der Waals surface area (Å²) >= 11 is 4.99. The second kappa shape index (κ2) is 7.32. The van der Waals surface area contributed by atoms with Crippen LogP contribution in [0.15, 0.2) is 48.1 Å². The maximum Gasteiger partial charge on any atom is 0.270 e. The molecule has 0 aromatic heterocycles. The van der Waals surface area contributed by atoms with Gasteiger partial charge in [-0.1, -0.05) is 12.1 Å². The molecule has 0 aliphatic rings. The Balaban J connectivity index is 2.29. The molecule has 0 saturated carbocycles. The average molecular weight is 330 g/mol. The first-order chi connectivity index (χ1) is 11.0. The van der Waals surface area contributed by atoms with Crippen molar-refractivity contribution in [1.82, 2.24) is 10.7 Å². The van der Waals surface area contributed by atoms with E-state index in [4.69, 9.17) is 12.2 Å². The van der Waals surface area contributed by atoms with Crippen molar-refractivity contribution in [3.05, 3.63) is 58.7 Å². The number of aromatic hydroxyl groups is 1. The van der Waals surface area contributed by atoms with Gasteiger partial charge >= 0.3 is 0 Å². The lowest BCUT2D eigenvalue weighted by Gasteiger charge is -2.06. The number of nitro benzene ring substituents is 1. The van der Waals surface area contributed by atoms with Crippen molar-refractivity contribution in [2.75, 3.05) is 6.54 Å². The smallest absolute Gasteiger partial charge is 0.270 e. The molecule has 0 aliphatic heterocycles. The Morgan fingerprint density at radius 3 is 2.91 bits per heavy atom. The molecule has 0 saturated heterocycles. The van der Waals surface area contributed by atoms with Gasteiger partial charge in [0.2, 0.25) is 0 Å². The summed E-state index contributed by atoms with van der Waals surface area (Å²) in [6, 6.07) is 7.46. The molecular formula is C15H14N4O3S. The van der Waals surface area contributed by atoms with Crippen LogP contribution in [0.5, 0.6) is 5.75 Å². The zero-order chi connectivity index (χ0) is 16.8. The molecule has 0 spiro atoms. The number of hydrogen-bond donors (Lipinski definition) is 3. The average Bonchev–Trinajstić information content (AvgIpc) is 2.54. The van der Waals surface area contributed by atoms with Crippen LogP contribution in [0.2, 0.25) is 0 Å². The SMILES string of the molecule is C=CCNC(=S)N/N=C\c1c(O)ccc2cc([N+](=O)[O-])ccc12. The van der Waals surface area contributed by atoms with Gasteiger partial charge in [0, 0.05) is 24.2 Å². The lowest BCUT2D eigenvalue weighted by molar-refractivity contribution is -0.384. The summed E-state index contributed by atoms with van der Waals surface area (Å²) in [5, 5.41) is 29.2. The highest BCUT2D eigenvalue weighted by atomic mass is 32.1. The van der Waals surface area contributed by atoms with E-state index in [0.29, 0.717) is 28.0 Å². The summed E-state index contributed by atoms with van der Waals surface area (Å²) < 4.78 is 0. The van der Waals surface area contributed by atoms with Crippen LogP contribution in [-0.4, -0.2) is 27.9 Å². The number of phenols is 1. The third kappa shape index (κ3) is 4.01. The van der Waals surface area contributed by atoms with Gasteiger partial charge in [0.15, 0.2) is 5.11 Å². The number of benzene rings is 2. The fraction of sp³-hybridized carbons (Fsp3) is 0.0667. The van der Waals surface area contributed by atoms with Crippen molar-refractivity contribution < 1.29 is 10.0 Å². The number of nitro groups is 1. The maximum atomic E-state index is 10.8. The van der Waals surface area contributed by atoms with Gasteiger partial charge in [-0.2, -0.15) is 5.10 Å². The Kier molecular flexibility index (Phi) is 5.21. The molecule has 118 valence electrons. The molecule has 0 amide bonds. The van der Waals surface area contributed by atoms with Crippen molar-refractivity contribution in [1.29, 1.82) is 0 Å². The predicted molar refractivity (Wildman–Crippen MR) is 93.8 cm³/mol. The fourth-order valence-electron chi connectivity index (χ4n) is 1.94. The Labute approximate surface area is 137 Å². The highest BCUT2D eigenvalue weighted by molar-refractivity contribution is 7.80. The van der Waals surface area contributed by atoms with E-state index < -0.39 is 4.92 Å². The van der Waals surface area contributed by atoms with E-state index in [9.17, 15) is 15.2 Å². The lowest BCUT2D eigenvalue weighted by atomic mass is 10.0. The second-order valence-electron chi connectivity index (χ2n) is 4.53. The van der Waals surface area contributed by atoms with E-state index in [1.54, 1.807) is 18.2 Å². The Bertz CT molecular complexity index is 805. The molecular weight excluding hydrogens is 316 g/mol. The number of fused-ring (bicyclic) bond motifs is 1. The molecule has 0 fully saturated rings. The van der Waals surface area contributed by atoms with Crippen LogP contribution in [0, 0.1) is 10.1 Å². The van der Waals surface area contributed by atoms with Gasteiger partial charge in [-0.05, 0) is 35.1 Å². The largest absolute Gasteiger partial charge is 0.507 e. The van der Waals surface area contributed by atoms with Crippen LogP contribution in [0.25, 0.3) is 10.8 Å². The fourth-order valence-corrected chi connectivity index (χ4v) is 2.07. The van der Waals surface area contributed by atoms with Crippen LogP contribution in [0.1, 0.15) is 5.56 Å². The van der Waals surface area contributed by atoms with Gasteiger partial charge in [-0.3, -0.25) is 15.5 Å². The highest BCUT2D eigenvalue weighted by Crippen LogP contribution is 2.28. The normalized spacial score (nSPS) is 10.6. The molecule has 0 bridgehead atoms. The van der Waals surface area contributed by atoms with E-state index in [2.05, 4.69) is 22.4 Å². The van der Waals surface area contributed by atoms with E-state index in [1.165, 1.54) is 24.4 Å². The van der Waals surface area contributed by atoms with Gasteiger partial charge in [0.25, 0.3) is 5.69 Å². The van der Waals surface area contributed by atoms with E-state index >= 15 is 0 Å². The van der Waals surface area contributed by atoms with E-state index in [1.807, 2.05) is 0 Å². The first-order valence-electron chi connectivity index (χ1n) is 6.61. The highest BCUT2D eigenvalue weighted by Gasteiger charge is 2.10. The number of nitrogens with zero attached hydrogens (tertiary/aromatic N) is 2. The van der Waals surface area contributed by atoms with Gasteiger partial charge < -0.3 is 10.4 Å². The third-order valence-electron chi connectivity index (χ3n) is 3.00. The summed E-state index contributed by atoms with van der Waals surface area (Å²) in [6.45, 7) is 4.06. The zero-order valence-electron chi connectivity index (χ0n) is 12.0. The number of hydrogen-bond acceptors (Lipinski definition) is 5. The molecule has 2 aromatic rings. The first kappa shape index (κ1) is 16.4. The molecule has 0 radical (unpaired) electrons. The number of phenolic OH excluding ortho intramolecular Hbond substituents is 1. The van der Waals surface area contributed by atoms with Gasteiger partial charge in [0.1, 0.15) is 5.75 Å². The quantitative estimate of drug-likeness (QED) is 0.256. The standard InChI is InChI=1S/C15H14N4O3S/c1-2-7-16-15(23)18-17-9-13-12-5-4-11(19(21)22)8-10(12)3-6-14(13)20/h2-6,8-9,20H,1,7H2,(H2,16,18,23)/b17-9-. The summed E-state index contributed by atoms with van der Waals surface area (Å²) in [5.74, 6) is 0.0156. The van der Waals surface area contributed by atoms with Crippen molar-refractivity contribution >= 4 is 40.0 Å². The van der Waals surface area contributed by atoms with Gasteiger partial charge in [0.05, 0.1) is 11.1 Å². The third-order valence-corrected chi connectivity index (χ3v) is 3.24. The predicted octanol–water partition coefficient (Wildman–Crippen LogP) is 2.44. The Hall–Kier alpha value is -3.00. The molecule has 3 N–H and O–H groups in total. The monoisotopic (exact) mass is 330 g/mol. The molecule has 2 aromatic carbocycles. The molecule has 7 nitrogen and oxygen atoms in total. The molecule has 0 aliphatic carbocycles. The summed E-state index contributed by atoms with van der Waals surface area (Å²) in [4.78, 5) is 10.4. The number of nitrogens with one attached hydrogen (secondary N) is 2. The van der Waals surface area contributed by atoms with E-state index in [0.717, 1.165) is 0 Å². The van der Waals surface area contributed by atoms with Crippen molar-refractivity contribution in [2.24, 2.45) is 5.10 Å². The van der Waals surface area contributed by atoms with Crippen LogP contribution in [0.4, 0.5) is 5.69 Å². The van der Waals surface area contributed by atoms with Crippen LogP contribution >= 0.6 is 12.2 Å². The second-order valence-corrected chi connectivity index (χ2v) is 4.94. The molecule has 2 rings (SSSR count). The molecule has 0 atom stereocenters. The summed E-state index contributed by atoms with van der Waals surface area (Å²) in [5.41, 5.74) is 3.04.